The first kappa shape index (κ1) is 21.2. The number of aliphatic hydroxyl groups excluding tert-OH is 2. The molecule has 0 radical (unpaired) electrons. The van der Waals surface area contributed by atoms with Crippen LogP contribution in [0.5, 0.6) is 0 Å². The van der Waals surface area contributed by atoms with Crippen molar-refractivity contribution in [1.29, 1.82) is 0 Å². The number of likely N-dealkylation sites (tertiary alicyclic amines) is 1. The number of hydrogen-bond donors (Lipinski definition) is 3. The van der Waals surface area contributed by atoms with Gasteiger partial charge in [-0.15, -0.1) is 0 Å². The van der Waals surface area contributed by atoms with Gasteiger partial charge in [0.05, 0.1) is 12.7 Å². The summed E-state index contributed by atoms with van der Waals surface area (Å²) in [7, 11) is 0. The van der Waals surface area contributed by atoms with Crippen LogP contribution in [0.25, 0.3) is 0 Å². The van der Waals surface area contributed by atoms with Crippen LogP contribution in [0.4, 0.5) is 4.79 Å². The van der Waals surface area contributed by atoms with Crippen molar-refractivity contribution in [2.24, 2.45) is 0 Å². The molecule has 27 heavy (non-hydrogen) atoms. The number of aliphatic hydroxyl groups is 2. The van der Waals surface area contributed by atoms with Gasteiger partial charge >= 0.3 is 6.09 Å². The third-order valence-electron chi connectivity index (χ3n) is 4.50. The molecule has 0 spiro atoms. The fourth-order valence-electron chi connectivity index (χ4n) is 3.13. The van der Waals surface area contributed by atoms with Crippen molar-refractivity contribution in [3.05, 3.63) is 35.4 Å². The quantitative estimate of drug-likeness (QED) is 0.727. The minimum Gasteiger partial charge on any atom is -0.444 e. The Kier molecular flexibility index (Phi) is 7.21. The smallest absolute Gasteiger partial charge is 0.410 e. The number of rotatable bonds is 5. The highest BCUT2D eigenvalue weighted by Crippen LogP contribution is 2.31. The van der Waals surface area contributed by atoms with Crippen molar-refractivity contribution in [1.82, 2.24) is 10.2 Å². The number of nitrogens with zero attached hydrogens (tertiary/aromatic N) is 1. The normalized spacial score (nSPS) is 16.7. The molecule has 0 saturated carbocycles. The van der Waals surface area contributed by atoms with E-state index in [-0.39, 0.29) is 24.5 Å². The van der Waals surface area contributed by atoms with E-state index >= 15 is 0 Å². The highest BCUT2D eigenvalue weighted by atomic mass is 16.6. The van der Waals surface area contributed by atoms with Crippen LogP contribution in [0.15, 0.2) is 24.3 Å². The summed E-state index contributed by atoms with van der Waals surface area (Å²) in [6.07, 6.45) is 0.231. The first-order chi connectivity index (χ1) is 12.7. The molecule has 3 N–H and O–H groups in total. The van der Waals surface area contributed by atoms with Crippen molar-refractivity contribution >= 4 is 12.0 Å². The lowest BCUT2D eigenvalue weighted by atomic mass is 9.86. The second-order valence-corrected chi connectivity index (χ2v) is 7.88. The Balaban J connectivity index is 2.00. The number of ether oxygens (including phenoxy) is 1. The molecule has 0 aliphatic carbocycles. The maximum Gasteiger partial charge on any atom is 0.410 e. The van der Waals surface area contributed by atoms with E-state index in [0.717, 1.165) is 18.4 Å². The molecule has 1 heterocycles. The fraction of sp³-hybridized carbons (Fsp3) is 0.600. The van der Waals surface area contributed by atoms with Gasteiger partial charge in [0.2, 0.25) is 0 Å². The molecule has 1 aliphatic heterocycles. The van der Waals surface area contributed by atoms with Crippen LogP contribution in [0, 0.1) is 0 Å². The summed E-state index contributed by atoms with van der Waals surface area (Å²) in [6.45, 7) is 6.31. The van der Waals surface area contributed by atoms with E-state index in [4.69, 9.17) is 9.84 Å². The second-order valence-electron chi connectivity index (χ2n) is 7.88. The number of carbonyl (C=O) groups is 2. The Morgan fingerprint density at radius 1 is 1.26 bits per heavy atom. The van der Waals surface area contributed by atoms with Crippen molar-refractivity contribution in [3.63, 3.8) is 0 Å². The molecule has 0 bridgehead atoms. The molecule has 1 fully saturated rings. The van der Waals surface area contributed by atoms with Crippen molar-refractivity contribution < 1.29 is 24.5 Å². The topological polar surface area (TPSA) is 99.1 Å². The fourth-order valence-corrected chi connectivity index (χ4v) is 3.13. The molecule has 1 aliphatic rings. The number of amides is 2. The molecular formula is C20H30N2O5. The third kappa shape index (κ3) is 6.22. The summed E-state index contributed by atoms with van der Waals surface area (Å²) in [4.78, 5) is 26.4. The minimum absolute atomic E-state index is 0.000750. The van der Waals surface area contributed by atoms with E-state index in [2.05, 4.69) is 5.32 Å². The summed E-state index contributed by atoms with van der Waals surface area (Å²) in [6, 6.07) is 7.40. The second kappa shape index (κ2) is 9.19. The monoisotopic (exact) mass is 378 g/mol. The Morgan fingerprint density at radius 2 is 1.89 bits per heavy atom. The number of carbonyl (C=O) groups excluding carboxylic acids is 2. The van der Waals surface area contributed by atoms with Crippen molar-refractivity contribution in [2.75, 3.05) is 26.2 Å². The first-order valence-corrected chi connectivity index (χ1v) is 9.35. The average Bonchev–Trinajstić information content (AvgIpc) is 2.64. The van der Waals surface area contributed by atoms with Crippen molar-refractivity contribution in [3.8, 4) is 0 Å². The van der Waals surface area contributed by atoms with E-state index in [1.165, 1.54) is 0 Å². The molecule has 1 aromatic carbocycles. The van der Waals surface area contributed by atoms with Crippen LogP contribution in [0.3, 0.4) is 0 Å². The zero-order chi connectivity index (χ0) is 20.0. The van der Waals surface area contributed by atoms with Crippen LogP contribution < -0.4 is 5.32 Å². The van der Waals surface area contributed by atoms with Gasteiger partial charge in [0.25, 0.3) is 5.91 Å². The molecule has 7 heteroatoms. The lowest BCUT2D eigenvalue weighted by molar-refractivity contribution is 0.0204. The SMILES string of the molecule is CC(C)(C)OC(=O)N1CCC(c2ccccc2C(=O)NCC(O)CO)CC1. The zero-order valence-electron chi connectivity index (χ0n) is 16.3. The molecule has 1 saturated heterocycles. The molecule has 1 unspecified atom stereocenters. The van der Waals surface area contributed by atoms with Gasteiger partial charge < -0.3 is 25.2 Å². The minimum atomic E-state index is -0.974. The van der Waals surface area contributed by atoms with Gasteiger partial charge in [-0.2, -0.15) is 0 Å². The summed E-state index contributed by atoms with van der Waals surface area (Å²) in [5, 5.41) is 20.9. The highest BCUT2D eigenvalue weighted by molar-refractivity contribution is 5.95. The lowest BCUT2D eigenvalue weighted by Gasteiger charge is -2.34. The molecule has 7 nitrogen and oxygen atoms in total. The molecule has 1 atom stereocenters. The van der Waals surface area contributed by atoms with Crippen LogP contribution in [-0.2, 0) is 4.74 Å². The summed E-state index contributed by atoms with van der Waals surface area (Å²) >= 11 is 0. The number of piperidine rings is 1. The summed E-state index contributed by atoms with van der Waals surface area (Å²) in [5.41, 5.74) is 0.994. The third-order valence-corrected chi connectivity index (χ3v) is 4.50. The standard InChI is InChI=1S/C20H30N2O5/c1-20(2,3)27-19(26)22-10-8-14(9-11-22)16-6-4-5-7-17(16)18(25)21-12-15(24)13-23/h4-7,14-15,23-24H,8-13H2,1-3H3,(H,21,25). The van der Waals surface area contributed by atoms with Gasteiger partial charge in [-0.3, -0.25) is 4.79 Å². The Bertz CT molecular complexity index is 648. The predicted octanol–water partition coefficient (Wildman–Crippen LogP) is 1.88. The van der Waals surface area contributed by atoms with E-state index < -0.39 is 18.3 Å². The predicted molar refractivity (Wildman–Crippen MR) is 102 cm³/mol. The van der Waals surface area contributed by atoms with Crippen LogP contribution in [0.2, 0.25) is 0 Å². The first-order valence-electron chi connectivity index (χ1n) is 9.35. The van der Waals surface area contributed by atoms with Gasteiger partial charge in [0.15, 0.2) is 0 Å². The van der Waals surface area contributed by atoms with E-state index in [9.17, 15) is 14.7 Å². The zero-order valence-corrected chi connectivity index (χ0v) is 16.3. The van der Waals surface area contributed by atoms with Gasteiger partial charge in [-0.25, -0.2) is 4.79 Å². The van der Waals surface area contributed by atoms with Gasteiger partial charge in [0.1, 0.15) is 5.60 Å². The number of benzene rings is 1. The van der Waals surface area contributed by atoms with Crippen molar-refractivity contribution in [2.45, 2.75) is 51.2 Å². The Hall–Kier alpha value is -2.12. The number of nitrogens with one attached hydrogen (secondary N) is 1. The highest BCUT2D eigenvalue weighted by Gasteiger charge is 2.29. The summed E-state index contributed by atoms with van der Waals surface area (Å²) in [5.74, 6) is -0.0962. The van der Waals surface area contributed by atoms with Crippen LogP contribution in [0.1, 0.15) is 55.5 Å². The lowest BCUT2D eigenvalue weighted by Crippen LogP contribution is -2.41. The average molecular weight is 378 g/mol. The van der Waals surface area contributed by atoms with Gasteiger partial charge in [0, 0.05) is 25.2 Å². The Morgan fingerprint density at radius 3 is 2.48 bits per heavy atom. The maximum atomic E-state index is 12.5. The van der Waals surface area contributed by atoms with E-state index in [1.54, 1.807) is 17.0 Å². The van der Waals surface area contributed by atoms with Crippen LogP contribution in [-0.4, -0.2) is 65.1 Å². The van der Waals surface area contributed by atoms with Gasteiger partial charge in [-0.1, -0.05) is 18.2 Å². The number of hydrogen-bond acceptors (Lipinski definition) is 5. The molecule has 150 valence electrons. The molecule has 0 aromatic heterocycles. The molecule has 2 amide bonds. The van der Waals surface area contributed by atoms with E-state index in [1.807, 2.05) is 32.9 Å². The largest absolute Gasteiger partial charge is 0.444 e. The van der Waals surface area contributed by atoms with Gasteiger partial charge in [-0.05, 0) is 51.2 Å². The van der Waals surface area contributed by atoms with Crippen LogP contribution >= 0.6 is 0 Å². The van der Waals surface area contributed by atoms with E-state index in [0.29, 0.717) is 18.7 Å². The molecule has 2 rings (SSSR count). The maximum absolute atomic E-state index is 12.5. The Labute approximate surface area is 160 Å². The summed E-state index contributed by atoms with van der Waals surface area (Å²) < 4.78 is 5.42. The molecule has 1 aromatic rings. The molecular weight excluding hydrogens is 348 g/mol.